The molecule has 1 aliphatic carbocycles. The Morgan fingerprint density at radius 1 is 1.06 bits per heavy atom. The molecule has 2 fully saturated rings. The largest absolute Gasteiger partial charge is 0.379 e. The van der Waals surface area contributed by atoms with Crippen LogP contribution in [-0.4, -0.2) is 72.3 Å². The van der Waals surface area contributed by atoms with Gasteiger partial charge in [-0.3, -0.25) is 4.90 Å². The monoisotopic (exact) mass is 465 g/mol. The minimum Gasteiger partial charge on any atom is -0.379 e. The van der Waals surface area contributed by atoms with Gasteiger partial charge in [-0.2, -0.15) is 0 Å². The molecule has 0 spiro atoms. The number of benzene rings is 1. The summed E-state index contributed by atoms with van der Waals surface area (Å²) in [7, 11) is 4.46. The number of hydrogen-bond acceptors (Lipinski definition) is 7. The molecule has 6 nitrogen and oxygen atoms in total. The van der Waals surface area contributed by atoms with E-state index in [0.717, 1.165) is 61.3 Å². The van der Waals surface area contributed by atoms with Gasteiger partial charge in [0.25, 0.3) is 0 Å². The van der Waals surface area contributed by atoms with Gasteiger partial charge in [-0.05, 0) is 32.5 Å². The van der Waals surface area contributed by atoms with E-state index in [-0.39, 0.29) is 5.54 Å². The molecule has 2 aromatic heterocycles. The molecule has 176 valence electrons. The third kappa shape index (κ3) is 4.92. The number of hydrogen-bond donors (Lipinski definition) is 1. The summed E-state index contributed by atoms with van der Waals surface area (Å²) in [6.45, 7) is 5.13. The Kier molecular flexibility index (Phi) is 6.92. The van der Waals surface area contributed by atoms with E-state index in [1.54, 1.807) is 11.3 Å². The number of ether oxygens (including phenoxy) is 1. The maximum atomic E-state index is 5.53. The van der Waals surface area contributed by atoms with Crippen molar-refractivity contribution in [2.45, 2.75) is 44.2 Å². The highest BCUT2D eigenvalue weighted by Gasteiger charge is 2.34. The van der Waals surface area contributed by atoms with Crippen molar-refractivity contribution >= 4 is 27.4 Å². The normalized spacial score (nSPS) is 19.2. The molecule has 1 aromatic carbocycles. The molecule has 1 saturated heterocycles. The maximum Gasteiger partial charge on any atom is 0.146 e. The summed E-state index contributed by atoms with van der Waals surface area (Å²) in [4.78, 5) is 16.0. The Morgan fingerprint density at radius 3 is 2.55 bits per heavy atom. The Bertz CT molecular complexity index is 1060. The third-order valence-electron chi connectivity index (χ3n) is 7.35. The van der Waals surface area contributed by atoms with Crippen molar-refractivity contribution in [3.05, 3.63) is 41.5 Å². The minimum atomic E-state index is 0.183. The van der Waals surface area contributed by atoms with Crippen LogP contribution in [0, 0.1) is 0 Å². The highest BCUT2D eigenvalue weighted by Crippen LogP contribution is 2.38. The summed E-state index contributed by atoms with van der Waals surface area (Å²) in [6, 6.07) is 10.6. The first kappa shape index (κ1) is 22.7. The Labute approximate surface area is 201 Å². The minimum absolute atomic E-state index is 0.183. The Hall–Kier alpha value is -2.06. The number of likely N-dealkylation sites (N-methyl/N-ethyl adjacent to an activating group) is 1. The van der Waals surface area contributed by atoms with E-state index in [2.05, 4.69) is 64.9 Å². The van der Waals surface area contributed by atoms with Crippen molar-refractivity contribution in [2.24, 2.45) is 0 Å². The summed E-state index contributed by atoms with van der Waals surface area (Å²) in [5.41, 5.74) is 2.62. The molecular formula is C26H35N5OS. The predicted molar refractivity (Wildman–Crippen MR) is 137 cm³/mol. The fourth-order valence-electron chi connectivity index (χ4n) is 5.21. The fourth-order valence-corrected chi connectivity index (χ4v) is 6.18. The van der Waals surface area contributed by atoms with Crippen molar-refractivity contribution < 1.29 is 4.74 Å². The highest BCUT2D eigenvalue weighted by atomic mass is 32.1. The van der Waals surface area contributed by atoms with E-state index < -0.39 is 0 Å². The summed E-state index contributed by atoms with van der Waals surface area (Å²) in [6.07, 6.45) is 6.41. The lowest BCUT2D eigenvalue weighted by molar-refractivity contribution is 0.0331. The first-order chi connectivity index (χ1) is 16.1. The molecule has 1 N–H and O–H groups in total. The van der Waals surface area contributed by atoms with Crippen LogP contribution in [0.1, 0.15) is 37.9 Å². The van der Waals surface area contributed by atoms with Crippen molar-refractivity contribution in [3.8, 4) is 11.1 Å². The summed E-state index contributed by atoms with van der Waals surface area (Å²) < 4.78 is 5.53. The van der Waals surface area contributed by atoms with Crippen molar-refractivity contribution in [1.29, 1.82) is 0 Å². The molecule has 0 radical (unpaired) electrons. The van der Waals surface area contributed by atoms with Gasteiger partial charge in [0, 0.05) is 36.1 Å². The van der Waals surface area contributed by atoms with Gasteiger partial charge >= 0.3 is 0 Å². The average Bonchev–Trinajstić information content (AvgIpc) is 3.28. The first-order valence-electron chi connectivity index (χ1n) is 12.2. The van der Waals surface area contributed by atoms with E-state index in [1.807, 2.05) is 0 Å². The molecule has 0 atom stereocenters. The summed E-state index contributed by atoms with van der Waals surface area (Å²) in [5.74, 6) is 1.88. The van der Waals surface area contributed by atoms with Crippen LogP contribution < -0.4 is 5.32 Å². The predicted octanol–water partition coefficient (Wildman–Crippen LogP) is 4.87. The lowest BCUT2D eigenvalue weighted by Gasteiger charge is -2.43. The second kappa shape index (κ2) is 10.1. The van der Waals surface area contributed by atoms with Crippen LogP contribution in [0.5, 0.6) is 0 Å². The van der Waals surface area contributed by atoms with Gasteiger partial charge in [-0.1, -0.05) is 49.6 Å². The number of nitrogens with zero attached hydrogens (tertiary/aromatic N) is 4. The Morgan fingerprint density at radius 2 is 1.82 bits per heavy atom. The topological polar surface area (TPSA) is 53.5 Å². The first-order valence-corrected chi connectivity index (χ1v) is 13.1. The molecule has 0 amide bonds. The summed E-state index contributed by atoms with van der Waals surface area (Å²) >= 11 is 1.72. The molecule has 1 saturated carbocycles. The lowest BCUT2D eigenvalue weighted by atomic mass is 9.80. The second-order valence-corrected chi connectivity index (χ2v) is 10.5. The molecule has 1 aliphatic heterocycles. The van der Waals surface area contributed by atoms with Crippen LogP contribution in [0.3, 0.4) is 0 Å². The van der Waals surface area contributed by atoms with Crippen LogP contribution in [0.15, 0.2) is 35.7 Å². The second-order valence-electron chi connectivity index (χ2n) is 9.61. The molecular weight excluding hydrogens is 430 g/mol. The van der Waals surface area contributed by atoms with Gasteiger partial charge in [0.15, 0.2) is 0 Å². The molecule has 3 heterocycles. The van der Waals surface area contributed by atoms with Crippen LogP contribution in [0.2, 0.25) is 0 Å². The van der Waals surface area contributed by atoms with Crippen LogP contribution in [0.4, 0.5) is 5.82 Å². The van der Waals surface area contributed by atoms with E-state index in [9.17, 15) is 0 Å². The highest BCUT2D eigenvalue weighted by molar-refractivity contribution is 7.17. The third-order valence-corrected chi connectivity index (χ3v) is 8.22. The van der Waals surface area contributed by atoms with Gasteiger partial charge < -0.3 is 15.0 Å². The molecule has 0 unspecified atom stereocenters. The molecule has 5 rings (SSSR count). The zero-order valence-electron chi connectivity index (χ0n) is 19.8. The van der Waals surface area contributed by atoms with Gasteiger partial charge in [-0.25, -0.2) is 9.97 Å². The standard InChI is InChI=1S/C26H35N5OS/c1-30(2)26(11-7-4-8-12-26)19-27-24-23-21(20-9-5-3-6-10-20)18-33-25(23)29-22(28-24)17-31-13-15-32-16-14-31/h3,5-6,9-10,18H,4,7-8,11-17,19H2,1-2H3,(H,27,28,29). The summed E-state index contributed by atoms with van der Waals surface area (Å²) in [5, 5.41) is 7.22. The number of thiophene rings is 1. The van der Waals surface area contributed by atoms with Crippen molar-refractivity contribution in [1.82, 2.24) is 19.8 Å². The molecule has 0 bridgehead atoms. The zero-order valence-corrected chi connectivity index (χ0v) is 20.7. The zero-order chi connectivity index (χ0) is 22.7. The van der Waals surface area contributed by atoms with Gasteiger partial charge in [0.1, 0.15) is 16.5 Å². The van der Waals surface area contributed by atoms with Crippen molar-refractivity contribution in [2.75, 3.05) is 52.3 Å². The van der Waals surface area contributed by atoms with Gasteiger partial charge in [-0.15, -0.1) is 11.3 Å². The van der Waals surface area contributed by atoms with Crippen molar-refractivity contribution in [3.63, 3.8) is 0 Å². The molecule has 2 aliphatic rings. The number of morpholine rings is 1. The molecule has 7 heteroatoms. The maximum absolute atomic E-state index is 5.53. The molecule has 33 heavy (non-hydrogen) atoms. The van der Waals surface area contributed by atoms with E-state index in [4.69, 9.17) is 14.7 Å². The van der Waals surface area contributed by atoms with Crippen LogP contribution >= 0.6 is 11.3 Å². The number of anilines is 1. The average molecular weight is 466 g/mol. The number of aromatic nitrogens is 2. The quantitative estimate of drug-likeness (QED) is 0.537. The Balaban J connectivity index is 1.50. The molecule has 3 aromatic rings. The van der Waals surface area contributed by atoms with E-state index in [1.165, 1.54) is 43.2 Å². The SMILES string of the molecule is CN(C)C1(CNc2nc(CN3CCOCC3)nc3scc(-c4ccccc4)c23)CCCCC1. The lowest BCUT2D eigenvalue weighted by Crippen LogP contribution is -2.51. The van der Waals surface area contributed by atoms with E-state index in [0.29, 0.717) is 0 Å². The number of nitrogens with one attached hydrogen (secondary N) is 1. The van der Waals surface area contributed by atoms with Gasteiger partial charge in [0.2, 0.25) is 0 Å². The van der Waals surface area contributed by atoms with Crippen LogP contribution in [0.25, 0.3) is 21.3 Å². The number of rotatable bonds is 7. The van der Waals surface area contributed by atoms with E-state index >= 15 is 0 Å². The smallest absolute Gasteiger partial charge is 0.146 e. The fraction of sp³-hybridized carbons (Fsp3) is 0.538. The van der Waals surface area contributed by atoms with Gasteiger partial charge in [0.05, 0.1) is 25.1 Å². The number of fused-ring (bicyclic) bond motifs is 1. The van der Waals surface area contributed by atoms with Crippen LogP contribution in [-0.2, 0) is 11.3 Å².